The molecule has 1 aliphatic rings. The van der Waals surface area contributed by atoms with E-state index in [9.17, 15) is 4.79 Å². The number of carbonyl (C=O) groups excluding carboxylic acids is 1. The topological polar surface area (TPSA) is 32.3 Å². The summed E-state index contributed by atoms with van der Waals surface area (Å²) in [6.07, 6.45) is 2.35. The summed E-state index contributed by atoms with van der Waals surface area (Å²) in [5.41, 5.74) is 1.28. The van der Waals surface area contributed by atoms with Crippen molar-refractivity contribution in [2.24, 2.45) is 0 Å². The van der Waals surface area contributed by atoms with Gasteiger partial charge in [-0.25, -0.2) is 0 Å². The van der Waals surface area contributed by atoms with Gasteiger partial charge in [0.1, 0.15) is 0 Å². The van der Waals surface area contributed by atoms with Gasteiger partial charge in [0, 0.05) is 24.5 Å². The number of carbonyl (C=O) groups is 1. The van der Waals surface area contributed by atoms with Crippen molar-refractivity contribution in [3.63, 3.8) is 0 Å². The third kappa shape index (κ3) is 4.55. The molecular weight excluding hydrogens is 256 g/mol. The van der Waals surface area contributed by atoms with Gasteiger partial charge in [-0.2, -0.15) is 0 Å². The first-order chi connectivity index (χ1) is 9.20. The van der Waals surface area contributed by atoms with E-state index in [1.807, 2.05) is 11.9 Å². The number of rotatable bonds is 7. The molecule has 1 amide bonds. The molecule has 0 aliphatic heterocycles. The zero-order chi connectivity index (χ0) is 13.7. The van der Waals surface area contributed by atoms with Gasteiger partial charge in [-0.1, -0.05) is 19.1 Å². The number of amides is 1. The van der Waals surface area contributed by atoms with Crippen LogP contribution >= 0.6 is 11.8 Å². The Morgan fingerprint density at radius 1 is 1.37 bits per heavy atom. The number of nitrogens with one attached hydrogen (secondary N) is 1. The lowest BCUT2D eigenvalue weighted by Gasteiger charge is -2.15. The summed E-state index contributed by atoms with van der Waals surface area (Å²) in [6.45, 7) is 4.00. The average Bonchev–Trinajstić information content (AvgIpc) is 3.27. The fourth-order valence-corrected chi connectivity index (χ4v) is 2.71. The second-order valence-corrected chi connectivity index (χ2v) is 6.00. The van der Waals surface area contributed by atoms with Crippen molar-refractivity contribution < 1.29 is 4.79 Å². The van der Waals surface area contributed by atoms with Crippen molar-refractivity contribution in [3.05, 3.63) is 29.8 Å². The summed E-state index contributed by atoms with van der Waals surface area (Å²) >= 11 is 1.62. The summed E-state index contributed by atoms with van der Waals surface area (Å²) < 4.78 is 0. The average molecular weight is 278 g/mol. The monoisotopic (exact) mass is 278 g/mol. The summed E-state index contributed by atoms with van der Waals surface area (Å²) in [4.78, 5) is 15.0. The number of thioether (sulfide) groups is 1. The zero-order valence-corrected chi connectivity index (χ0v) is 12.5. The van der Waals surface area contributed by atoms with Crippen molar-refractivity contribution >= 4 is 17.7 Å². The van der Waals surface area contributed by atoms with Crippen LogP contribution in [0.3, 0.4) is 0 Å². The van der Waals surface area contributed by atoms with Crippen molar-refractivity contribution in [1.29, 1.82) is 0 Å². The van der Waals surface area contributed by atoms with Crippen LogP contribution in [-0.2, 0) is 11.3 Å². The quantitative estimate of drug-likeness (QED) is 0.778. The first-order valence-corrected chi connectivity index (χ1v) is 7.87. The molecule has 0 unspecified atom stereocenters. The van der Waals surface area contributed by atoms with Crippen LogP contribution in [0.4, 0.5) is 0 Å². The SMILES string of the molecule is CCNCc1ccc(SCC(=O)N(C)C2CC2)cc1. The molecule has 2 rings (SSSR count). The van der Waals surface area contributed by atoms with Crippen LogP contribution in [0.15, 0.2) is 29.2 Å². The first kappa shape index (κ1) is 14.4. The molecule has 3 nitrogen and oxygen atoms in total. The molecule has 0 heterocycles. The Bertz CT molecular complexity index is 415. The van der Waals surface area contributed by atoms with Gasteiger partial charge in [-0.05, 0) is 37.1 Å². The lowest BCUT2D eigenvalue weighted by molar-refractivity contribution is -0.127. The minimum absolute atomic E-state index is 0.240. The predicted octanol–water partition coefficient (Wildman–Crippen LogP) is 2.51. The summed E-state index contributed by atoms with van der Waals surface area (Å²) in [5, 5.41) is 3.30. The Morgan fingerprint density at radius 3 is 2.63 bits per heavy atom. The van der Waals surface area contributed by atoms with E-state index >= 15 is 0 Å². The van der Waals surface area contributed by atoms with E-state index in [4.69, 9.17) is 0 Å². The largest absolute Gasteiger partial charge is 0.342 e. The highest BCUT2D eigenvalue weighted by Crippen LogP contribution is 2.27. The third-order valence-corrected chi connectivity index (χ3v) is 4.35. The number of benzene rings is 1. The number of hydrogen-bond acceptors (Lipinski definition) is 3. The molecule has 1 aromatic carbocycles. The van der Waals surface area contributed by atoms with Crippen LogP contribution in [0.5, 0.6) is 0 Å². The summed E-state index contributed by atoms with van der Waals surface area (Å²) in [7, 11) is 1.92. The summed E-state index contributed by atoms with van der Waals surface area (Å²) in [6, 6.07) is 8.96. The minimum atomic E-state index is 0.240. The molecule has 0 aromatic heterocycles. The fourth-order valence-electron chi connectivity index (χ4n) is 1.89. The molecule has 1 N–H and O–H groups in total. The van der Waals surface area contributed by atoms with Crippen LogP contribution in [0.1, 0.15) is 25.3 Å². The van der Waals surface area contributed by atoms with Crippen LogP contribution in [0, 0.1) is 0 Å². The Labute approximate surface area is 119 Å². The van der Waals surface area contributed by atoms with Crippen molar-refractivity contribution in [3.8, 4) is 0 Å². The lowest BCUT2D eigenvalue weighted by Crippen LogP contribution is -2.30. The van der Waals surface area contributed by atoms with Crippen LogP contribution < -0.4 is 5.32 Å². The number of nitrogens with zero attached hydrogens (tertiary/aromatic N) is 1. The molecule has 1 saturated carbocycles. The highest BCUT2D eigenvalue weighted by molar-refractivity contribution is 8.00. The van der Waals surface area contributed by atoms with E-state index < -0.39 is 0 Å². The highest BCUT2D eigenvalue weighted by Gasteiger charge is 2.29. The van der Waals surface area contributed by atoms with Crippen LogP contribution in [0.2, 0.25) is 0 Å². The third-order valence-electron chi connectivity index (χ3n) is 3.35. The van der Waals surface area contributed by atoms with Crippen LogP contribution in [-0.4, -0.2) is 36.2 Å². The van der Waals surface area contributed by atoms with Gasteiger partial charge in [0.25, 0.3) is 0 Å². The van der Waals surface area contributed by atoms with Gasteiger partial charge in [-0.3, -0.25) is 4.79 Å². The Balaban J connectivity index is 1.77. The second kappa shape index (κ2) is 6.96. The second-order valence-electron chi connectivity index (χ2n) is 4.95. The van der Waals surface area contributed by atoms with Gasteiger partial charge < -0.3 is 10.2 Å². The van der Waals surface area contributed by atoms with Crippen LogP contribution in [0.25, 0.3) is 0 Å². The molecule has 0 bridgehead atoms. The van der Waals surface area contributed by atoms with E-state index in [0.717, 1.165) is 18.0 Å². The Hall–Kier alpha value is -1.00. The van der Waals surface area contributed by atoms with Gasteiger partial charge in [0.05, 0.1) is 5.75 Å². The minimum Gasteiger partial charge on any atom is -0.342 e. The maximum Gasteiger partial charge on any atom is 0.232 e. The van der Waals surface area contributed by atoms with E-state index in [1.54, 1.807) is 11.8 Å². The standard InChI is InChI=1S/C15H22N2OS/c1-3-16-10-12-4-8-14(9-5-12)19-11-15(18)17(2)13-6-7-13/h4-5,8-9,13,16H,3,6-7,10-11H2,1-2H3. The molecule has 0 spiro atoms. The van der Waals surface area contributed by atoms with E-state index in [1.165, 1.54) is 18.4 Å². The van der Waals surface area contributed by atoms with E-state index in [0.29, 0.717) is 11.8 Å². The van der Waals surface area contributed by atoms with Gasteiger partial charge in [-0.15, -0.1) is 11.8 Å². The van der Waals surface area contributed by atoms with Gasteiger partial charge >= 0.3 is 0 Å². The molecule has 4 heteroatoms. The van der Waals surface area contributed by atoms with E-state index in [2.05, 4.69) is 36.5 Å². The maximum absolute atomic E-state index is 11.9. The molecule has 1 aromatic rings. The molecule has 104 valence electrons. The predicted molar refractivity (Wildman–Crippen MR) is 80.3 cm³/mol. The molecule has 0 radical (unpaired) electrons. The van der Waals surface area contributed by atoms with Crippen molar-refractivity contribution in [2.45, 2.75) is 37.2 Å². The number of hydrogen-bond donors (Lipinski definition) is 1. The Kier molecular flexibility index (Phi) is 5.28. The lowest BCUT2D eigenvalue weighted by atomic mass is 10.2. The maximum atomic E-state index is 11.9. The summed E-state index contributed by atoms with van der Waals surface area (Å²) in [5.74, 6) is 0.781. The normalized spacial score (nSPS) is 14.4. The molecule has 1 aliphatic carbocycles. The molecule has 0 atom stereocenters. The smallest absolute Gasteiger partial charge is 0.232 e. The van der Waals surface area contributed by atoms with E-state index in [-0.39, 0.29) is 5.91 Å². The van der Waals surface area contributed by atoms with Gasteiger partial charge in [0.15, 0.2) is 0 Å². The van der Waals surface area contributed by atoms with Crippen molar-refractivity contribution in [1.82, 2.24) is 10.2 Å². The zero-order valence-electron chi connectivity index (χ0n) is 11.7. The molecule has 0 saturated heterocycles. The first-order valence-electron chi connectivity index (χ1n) is 6.89. The highest BCUT2D eigenvalue weighted by atomic mass is 32.2. The Morgan fingerprint density at radius 2 is 2.05 bits per heavy atom. The van der Waals surface area contributed by atoms with Gasteiger partial charge in [0.2, 0.25) is 5.91 Å². The fraction of sp³-hybridized carbons (Fsp3) is 0.533. The molecular formula is C15H22N2OS. The molecule has 19 heavy (non-hydrogen) atoms. The van der Waals surface area contributed by atoms with Crippen molar-refractivity contribution in [2.75, 3.05) is 19.3 Å². The molecule has 1 fully saturated rings.